The zero-order chi connectivity index (χ0) is 32.3. The van der Waals surface area contributed by atoms with Crippen molar-refractivity contribution >= 4 is 40.2 Å². The van der Waals surface area contributed by atoms with Gasteiger partial charge in [0, 0.05) is 23.9 Å². The average Bonchev–Trinajstić information content (AvgIpc) is 3.63. The molecule has 234 valence electrons. The third kappa shape index (κ3) is 7.35. The minimum Gasteiger partial charge on any atom is -0.406 e. The number of benzene rings is 3. The van der Waals surface area contributed by atoms with Crippen LogP contribution >= 0.6 is 11.8 Å². The van der Waals surface area contributed by atoms with E-state index in [0.29, 0.717) is 34.9 Å². The van der Waals surface area contributed by atoms with E-state index in [-0.39, 0.29) is 28.7 Å². The Bertz CT molecular complexity index is 1760. The standard InChI is InChI=1S/C31H29F3N6O4S/c1-5-20-15-21(28-35-17-39(38-28)22-8-10-23(11-9-22)44-31(32,33)34)7-13-25(20)36-29(42)37-30-40(27(41)16-45-30)26-14-18(2)6-12-24(26)19(3)43-4/h6-15,17,19H,5,16H2,1-4H3,(H,36,42). The van der Waals surface area contributed by atoms with Crippen molar-refractivity contribution in [2.24, 2.45) is 4.99 Å². The van der Waals surface area contributed by atoms with Crippen molar-refractivity contribution in [3.8, 4) is 22.8 Å². The fraction of sp³-hybridized carbons (Fsp3) is 0.258. The number of aliphatic imine (C=N–C) groups is 1. The van der Waals surface area contributed by atoms with E-state index in [0.717, 1.165) is 16.7 Å². The van der Waals surface area contributed by atoms with Gasteiger partial charge in [0.1, 0.15) is 12.1 Å². The van der Waals surface area contributed by atoms with E-state index in [1.54, 1.807) is 19.2 Å². The number of rotatable bonds is 8. The summed E-state index contributed by atoms with van der Waals surface area (Å²) in [5.41, 5.74) is 4.89. The predicted molar refractivity (Wildman–Crippen MR) is 166 cm³/mol. The molecule has 0 bridgehead atoms. The normalized spacial score (nSPS) is 15.0. The number of nitrogens with one attached hydrogen (secondary N) is 1. The van der Waals surface area contributed by atoms with Crippen LogP contribution in [0.3, 0.4) is 0 Å². The maximum atomic E-state index is 13.1. The van der Waals surface area contributed by atoms with Crippen LogP contribution in [0.15, 0.2) is 72.0 Å². The molecule has 1 fully saturated rings. The van der Waals surface area contributed by atoms with Crippen LogP contribution in [0.2, 0.25) is 0 Å². The van der Waals surface area contributed by atoms with E-state index in [4.69, 9.17) is 4.74 Å². The molecule has 5 rings (SSSR count). The number of methoxy groups -OCH3 is 1. The molecular formula is C31H29F3N6O4S. The van der Waals surface area contributed by atoms with Gasteiger partial charge in [-0.2, -0.15) is 4.99 Å². The van der Waals surface area contributed by atoms with Gasteiger partial charge in [0.05, 0.1) is 23.2 Å². The van der Waals surface area contributed by atoms with Crippen molar-refractivity contribution in [2.45, 2.75) is 39.7 Å². The number of hydrogen-bond acceptors (Lipinski definition) is 7. The van der Waals surface area contributed by atoms with Gasteiger partial charge in [0.2, 0.25) is 5.91 Å². The zero-order valence-corrected chi connectivity index (χ0v) is 25.6. The summed E-state index contributed by atoms with van der Waals surface area (Å²) in [7, 11) is 1.59. The number of nitrogens with zero attached hydrogens (tertiary/aromatic N) is 5. The van der Waals surface area contributed by atoms with Crippen LogP contribution in [0.4, 0.5) is 29.3 Å². The molecule has 1 aliphatic rings. The maximum Gasteiger partial charge on any atom is 0.573 e. The molecule has 10 nitrogen and oxygen atoms in total. The topological polar surface area (TPSA) is 111 Å². The van der Waals surface area contributed by atoms with Gasteiger partial charge < -0.3 is 14.8 Å². The summed E-state index contributed by atoms with van der Waals surface area (Å²) in [6.07, 6.45) is -3.03. The van der Waals surface area contributed by atoms with Crippen LogP contribution in [-0.2, 0) is 16.0 Å². The van der Waals surface area contributed by atoms with Gasteiger partial charge in [-0.05, 0) is 79.9 Å². The van der Waals surface area contributed by atoms with Crippen molar-refractivity contribution in [3.05, 3.63) is 83.7 Å². The fourth-order valence-electron chi connectivity index (χ4n) is 4.70. The number of ether oxygens (including phenoxy) is 2. The Balaban J connectivity index is 1.34. The molecule has 1 aliphatic heterocycles. The number of halogens is 3. The number of amidine groups is 1. The highest BCUT2D eigenvalue weighted by atomic mass is 32.2. The summed E-state index contributed by atoms with van der Waals surface area (Å²) < 4.78 is 48.2. The number of aryl methyl sites for hydroxylation is 2. The third-order valence-electron chi connectivity index (χ3n) is 6.99. The Kier molecular flexibility index (Phi) is 9.25. The monoisotopic (exact) mass is 638 g/mol. The first kappa shape index (κ1) is 31.7. The van der Waals surface area contributed by atoms with Gasteiger partial charge in [-0.15, -0.1) is 18.3 Å². The molecule has 0 saturated carbocycles. The van der Waals surface area contributed by atoms with Crippen molar-refractivity contribution in [3.63, 3.8) is 0 Å². The van der Waals surface area contributed by atoms with Gasteiger partial charge in [0.15, 0.2) is 11.0 Å². The lowest BCUT2D eigenvalue weighted by atomic mass is 10.0. The van der Waals surface area contributed by atoms with Crippen LogP contribution in [0.1, 0.15) is 36.6 Å². The number of urea groups is 1. The van der Waals surface area contributed by atoms with Gasteiger partial charge >= 0.3 is 12.4 Å². The number of alkyl halides is 3. The molecule has 1 saturated heterocycles. The smallest absolute Gasteiger partial charge is 0.406 e. The summed E-state index contributed by atoms with van der Waals surface area (Å²) in [4.78, 5) is 36.1. The number of thioether (sulfide) groups is 1. The quantitative estimate of drug-likeness (QED) is 0.220. The summed E-state index contributed by atoms with van der Waals surface area (Å²) in [5, 5.41) is 7.55. The number of anilines is 2. The first-order chi connectivity index (χ1) is 21.5. The fourth-order valence-corrected chi connectivity index (χ4v) is 5.56. The zero-order valence-electron chi connectivity index (χ0n) is 24.8. The Morgan fingerprint density at radius 1 is 1.13 bits per heavy atom. The van der Waals surface area contributed by atoms with Crippen LogP contribution in [0.5, 0.6) is 5.75 Å². The minimum atomic E-state index is -4.78. The highest BCUT2D eigenvalue weighted by Gasteiger charge is 2.33. The molecule has 1 aromatic heterocycles. The van der Waals surface area contributed by atoms with Gasteiger partial charge in [-0.3, -0.25) is 9.69 Å². The minimum absolute atomic E-state index is 0.154. The molecule has 3 aromatic carbocycles. The molecule has 0 aliphatic carbocycles. The molecule has 45 heavy (non-hydrogen) atoms. The highest BCUT2D eigenvalue weighted by Crippen LogP contribution is 2.35. The number of aromatic nitrogens is 3. The molecule has 2 heterocycles. The van der Waals surface area contributed by atoms with Crippen molar-refractivity contribution in [1.82, 2.24) is 14.8 Å². The Labute approximate surface area is 261 Å². The summed E-state index contributed by atoms with van der Waals surface area (Å²) in [6, 6.07) is 15.7. The van der Waals surface area contributed by atoms with E-state index in [1.807, 2.05) is 45.0 Å². The molecule has 4 aromatic rings. The SMILES string of the molecule is CCc1cc(-c2ncn(-c3ccc(OC(F)(F)F)cc3)n2)ccc1NC(=O)N=C1SCC(=O)N1c1cc(C)ccc1C(C)OC. The summed E-state index contributed by atoms with van der Waals surface area (Å²) in [5.74, 6) is 0.0151. The Morgan fingerprint density at radius 2 is 1.89 bits per heavy atom. The predicted octanol–water partition coefficient (Wildman–Crippen LogP) is 7.08. The largest absolute Gasteiger partial charge is 0.573 e. The van der Waals surface area contributed by atoms with Crippen LogP contribution in [0, 0.1) is 6.92 Å². The number of carbonyl (C=O) groups is 2. The van der Waals surface area contributed by atoms with E-state index in [1.165, 1.54) is 51.9 Å². The molecular weight excluding hydrogens is 609 g/mol. The second-order valence-electron chi connectivity index (χ2n) is 10.1. The molecule has 0 radical (unpaired) electrons. The second-order valence-corrected chi connectivity index (χ2v) is 11.0. The molecule has 1 atom stereocenters. The van der Waals surface area contributed by atoms with Crippen molar-refractivity contribution in [1.29, 1.82) is 0 Å². The summed E-state index contributed by atoms with van der Waals surface area (Å²) >= 11 is 1.19. The van der Waals surface area contributed by atoms with E-state index in [2.05, 4.69) is 25.1 Å². The lowest BCUT2D eigenvalue weighted by molar-refractivity contribution is -0.274. The molecule has 0 spiro atoms. The number of carbonyl (C=O) groups excluding carboxylic acids is 2. The highest BCUT2D eigenvalue weighted by molar-refractivity contribution is 8.15. The molecule has 14 heteroatoms. The van der Waals surface area contributed by atoms with E-state index in [9.17, 15) is 22.8 Å². The average molecular weight is 639 g/mol. The summed E-state index contributed by atoms with van der Waals surface area (Å²) in [6.45, 7) is 5.74. The van der Waals surface area contributed by atoms with Crippen LogP contribution < -0.4 is 15.0 Å². The number of amides is 3. The van der Waals surface area contributed by atoms with Gasteiger partial charge in [0.25, 0.3) is 0 Å². The van der Waals surface area contributed by atoms with Crippen molar-refractivity contribution in [2.75, 3.05) is 23.1 Å². The molecule has 1 N–H and O–H groups in total. The molecule has 1 unspecified atom stereocenters. The van der Waals surface area contributed by atoms with Gasteiger partial charge in [-0.25, -0.2) is 14.5 Å². The second kappa shape index (κ2) is 13.1. The Hall–Kier alpha value is -4.69. The third-order valence-corrected chi connectivity index (χ3v) is 7.92. The first-order valence-electron chi connectivity index (χ1n) is 13.9. The van der Waals surface area contributed by atoms with Crippen molar-refractivity contribution < 1.29 is 32.2 Å². The van der Waals surface area contributed by atoms with E-state index >= 15 is 0 Å². The number of hydrogen-bond donors (Lipinski definition) is 1. The lowest BCUT2D eigenvalue weighted by Gasteiger charge is -2.23. The van der Waals surface area contributed by atoms with Crippen LogP contribution in [-0.4, -0.2) is 51.1 Å². The maximum absolute atomic E-state index is 13.1. The van der Waals surface area contributed by atoms with E-state index < -0.39 is 12.4 Å². The first-order valence-corrected chi connectivity index (χ1v) is 14.8. The lowest BCUT2D eigenvalue weighted by Crippen LogP contribution is -2.31. The Morgan fingerprint density at radius 3 is 2.58 bits per heavy atom. The molecule has 3 amide bonds. The van der Waals surface area contributed by atoms with Crippen LogP contribution in [0.25, 0.3) is 17.1 Å². The van der Waals surface area contributed by atoms with Gasteiger partial charge in [-0.1, -0.05) is 30.8 Å².